The number of ether oxygens (including phenoxy) is 2. The Morgan fingerprint density at radius 1 is 0.844 bits per heavy atom. The first kappa shape index (κ1) is 22.6. The minimum atomic E-state index is -1.01. The van der Waals surface area contributed by atoms with Crippen LogP contribution in [0, 0.1) is 0 Å². The van der Waals surface area contributed by atoms with Crippen LogP contribution in [-0.4, -0.2) is 23.9 Å². The van der Waals surface area contributed by atoms with Gasteiger partial charge in [-0.25, -0.2) is 4.79 Å². The molecule has 32 heavy (non-hydrogen) atoms. The highest BCUT2D eigenvalue weighted by Gasteiger charge is 2.19. The topological polar surface area (TPSA) is 93.7 Å². The Morgan fingerprint density at radius 2 is 1.56 bits per heavy atom. The minimum Gasteiger partial charge on any atom is -0.489 e. The first-order chi connectivity index (χ1) is 15.4. The van der Waals surface area contributed by atoms with E-state index in [1.165, 1.54) is 19.9 Å². The molecule has 0 aliphatic carbocycles. The van der Waals surface area contributed by atoms with E-state index >= 15 is 0 Å². The predicted molar refractivity (Wildman–Crippen MR) is 121 cm³/mol. The number of nitrogens with one attached hydrogen (secondary N) is 2. The summed E-state index contributed by atoms with van der Waals surface area (Å²) in [5.41, 5.74) is 2.31. The largest absolute Gasteiger partial charge is 0.489 e. The molecule has 0 aliphatic rings. The van der Waals surface area contributed by atoms with Gasteiger partial charge < -0.3 is 20.1 Å². The van der Waals surface area contributed by atoms with Crippen LogP contribution in [0.3, 0.4) is 0 Å². The number of hydrogen-bond acceptors (Lipinski definition) is 5. The van der Waals surface area contributed by atoms with Crippen molar-refractivity contribution in [3.63, 3.8) is 0 Å². The summed E-state index contributed by atoms with van der Waals surface area (Å²) in [5.74, 6) is -0.705. The van der Waals surface area contributed by atoms with Gasteiger partial charge in [0.25, 0.3) is 5.91 Å². The van der Waals surface area contributed by atoms with Crippen LogP contribution in [0.2, 0.25) is 0 Å². The molecule has 1 atom stereocenters. The number of esters is 1. The van der Waals surface area contributed by atoms with E-state index in [9.17, 15) is 14.4 Å². The van der Waals surface area contributed by atoms with Crippen LogP contribution < -0.4 is 15.4 Å². The van der Waals surface area contributed by atoms with Crippen LogP contribution in [0.25, 0.3) is 0 Å². The van der Waals surface area contributed by atoms with Gasteiger partial charge in [-0.2, -0.15) is 0 Å². The summed E-state index contributed by atoms with van der Waals surface area (Å²) >= 11 is 0. The minimum absolute atomic E-state index is 0.232. The van der Waals surface area contributed by atoms with Gasteiger partial charge in [0.15, 0.2) is 6.10 Å². The van der Waals surface area contributed by atoms with E-state index in [0.717, 1.165) is 5.56 Å². The molecule has 164 valence electrons. The maximum Gasteiger partial charge on any atom is 0.338 e. The summed E-state index contributed by atoms with van der Waals surface area (Å²) in [5, 5.41) is 5.30. The zero-order valence-electron chi connectivity index (χ0n) is 17.8. The zero-order chi connectivity index (χ0) is 22.9. The quantitative estimate of drug-likeness (QED) is 0.515. The Balaban J connectivity index is 1.51. The first-order valence-corrected chi connectivity index (χ1v) is 10.1. The van der Waals surface area contributed by atoms with Gasteiger partial charge in [0.05, 0.1) is 5.56 Å². The number of rotatable bonds is 8. The van der Waals surface area contributed by atoms with E-state index in [0.29, 0.717) is 23.7 Å². The summed E-state index contributed by atoms with van der Waals surface area (Å²) in [7, 11) is 0. The zero-order valence-corrected chi connectivity index (χ0v) is 17.8. The predicted octanol–water partition coefficient (Wildman–Crippen LogP) is 4.41. The highest BCUT2D eigenvalue weighted by molar-refractivity contribution is 5.98. The molecule has 1 unspecified atom stereocenters. The second-order valence-corrected chi connectivity index (χ2v) is 7.10. The molecule has 2 N–H and O–H groups in total. The monoisotopic (exact) mass is 432 g/mol. The maximum atomic E-state index is 12.4. The number of carbonyl (C=O) groups excluding carboxylic acids is 3. The van der Waals surface area contributed by atoms with Crippen molar-refractivity contribution in [3.05, 3.63) is 90.0 Å². The Bertz CT molecular complexity index is 1080. The molecule has 0 spiro atoms. The lowest BCUT2D eigenvalue weighted by atomic mass is 10.2. The van der Waals surface area contributed by atoms with Crippen molar-refractivity contribution in [1.29, 1.82) is 0 Å². The van der Waals surface area contributed by atoms with Crippen LogP contribution in [-0.2, 0) is 20.9 Å². The van der Waals surface area contributed by atoms with Crippen LogP contribution in [0.1, 0.15) is 29.8 Å². The Morgan fingerprint density at radius 3 is 2.25 bits per heavy atom. The van der Waals surface area contributed by atoms with Crippen molar-refractivity contribution >= 4 is 29.2 Å². The molecule has 7 heteroatoms. The summed E-state index contributed by atoms with van der Waals surface area (Å²) in [4.78, 5) is 35.9. The summed E-state index contributed by atoms with van der Waals surface area (Å²) in [6, 6.07) is 23.0. The fraction of sp³-hybridized carbons (Fsp3) is 0.160. The molecule has 0 bridgehead atoms. The third-order valence-corrected chi connectivity index (χ3v) is 4.44. The maximum absolute atomic E-state index is 12.4. The van der Waals surface area contributed by atoms with Crippen molar-refractivity contribution in [1.82, 2.24) is 0 Å². The van der Waals surface area contributed by atoms with Crippen molar-refractivity contribution < 1.29 is 23.9 Å². The van der Waals surface area contributed by atoms with Gasteiger partial charge in [-0.3, -0.25) is 9.59 Å². The first-order valence-electron chi connectivity index (χ1n) is 10.1. The number of benzene rings is 3. The normalized spacial score (nSPS) is 11.2. The SMILES string of the molecule is CC(=O)Nc1cccc(C(=O)OC(C)C(=O)Nc2ccc(OCc3ccccc3)cc2)c1. The molecule has 3 rings (SSSR count). The van der Waals surface area contributed by atoms with Gasteiger partial charge in [0.2, 0.25) is 5.91 Å². The Hall–Kier alpha value is -4.13. The third kappa shape index (κ3) is 6.70. The molecule has 3 aromatic rings. The summed E-state index contributed by atoms with van der Waals surface area (Å²) < 4.78 is 11.0. The molecular weight excluding hydrogens is 408 g/mol. The van der Waals surface area contributed by atoms with Crippen LogP contribution >= 0.6 is 0 Å². The van der Waals surface area contributed by atoms with E-state index in [1.807, 2.05) is 30.3 Å². The Labute approximate surface area is 186 Å². The highest BCUT2D eigenvalue weighted by Crippen LogP contribution is 2.18. The molecule has 0 aliphatic heterocycles. The standard InChI is InChI=1S/C25H24N2O5/c1-17(32-25(30)20-9-6-10-22(15-20)26-18(2)28)24(29)27-21-11-13-23(14-12-21)31-16-19-7-4-3-5-8-19/h3-15,17H,16H2,1-2H3,(H,26,28)(H,27,29). The van der Waals surface area contributed by atoms with E-state index < -0.39 is 18.0 Å². The molecule has 2 amide bonds. The van der Waals surface area contributed by atoms with Gasteiger partial charge in [-0.05, 0) is 55.0 Å². The number of carbonyl (C=O) groups is 3. The summed E-state index contributed by atoms with van der Waals surface area (Å²) in [6.07, 6.45) is -1.01. The molecule has 0 aromatic heterocycles. The van der Waals surface area contributed by atoms with Gasteiger partial charge in [0, 0.05) is 18.3 Å². The number of hydrogen-bond donors (Lipinski definition) is 2. The molecule has 0 heterocycles. The molecule has 7 nitrogen and oxygen atoms in total. The molecule has 0 fully saturated rings. The van der Waals surface area contributed by atoms with E-state index in [1.54, 1.807) is 42.5 Å². The lowest BCUT2D eigenvalue weighted by Gasteiger charge is -2.14. The molecular formula is C25H24N2O5. The van der Waals surface area contributed by atoms with E-state index in [2.05, 4.69) is 10.6 Å². The van der Waals surface area contributed by atoms with Gasteiger partial charge in [-0.1, -0.05) is 36.4 Å². The summed E-state index contributed by atoms with van der Waals surface area (Å²) in [6.45, 7) is 3.31. The van der Waals surface area contributed by atoms with Gasteiger partial charge >= 0.3 is 5.97 Å². The second-order valence-electron chi connectivity index (χ2n) is 7.10. The van der Waals surface area contributed by atoms with Crippen molar-refractivity contribution in [2.45, 2.75) is 26.6 Å². The molecule has 0 saturated carbocycles. The van der Waals surface area contributed by atoms with Crippen molar-refractivity contribution in [3.8, 4) is 5.75 Å². The average Bonchev–Trinajstić information content (AvgIpc) is 2.79. The van der Waals surface area contributed by atoms with Crippen molar-refractivity contribution in [2.75, 3.05) is 10.6 Å². The van der Waals surface area contributed by atoms with E-state index in [4.69, 9.17) is 9.47 Å². The third-order valence-electron chi connectivity index (χ3n) is 4.44. The molecule has 0 saturated heterocycles. The number of amides is 2. The molecule has 3 aromatic carbocycles. The molecule has 0 radical (unpaired) electrons. The highest BCUT2D eigenvalue weighted by atomic mass is 16.5. The van der Waals surface area contributed by atoms with Crippen LogP contribution in [0.5, 0.6) is 5.75 Å². The fourth-order valence-corrected chi connectivity index (χ4v) is 2.83. The second kappa shape index (κ2) is 10.8. The number of anilines is 2. The van der Waals surface area contributed by atoms with Crippen molar-refractivity contribution in [2.24, 2.45) is 0 Å². The Kier molecular flexibility index (Phi) is 7.59. The smallest absolute Gasteiger partial charge is 0.338 e. The van der Waals surface area contributed by atoms with E-state index in [-0.39, 0.29) is 11.5 Å². The average molecular weight is 432 g/mol. The van der Waals surface area contributed by atoms with Gasteiger partial charge in [-0.15, -0.1) is 0 Å². The van der Waals surface area contributed by atoms with Crippen LogP contribution in [0.15, 0.2) is 78.9 Å². The lowest BCUT2D eigenvalue weighted by molar-refractivity contribution is -0.123. The van der Waals surface area contributed by atoms with Gasteiger partial charge in [0.1, 0.15) is 12.4 Å². The van der Waals surface area contributed by atoms with Crippen LogP contribution in [0.4, 0.5) is 11.4 Å². The lowest BCUT2D eigenvalue weighted by Crippen LogP contribution is -2.30. The fourth-order valence-electron chi connectivity index (χ4n) is 2.83.